The highest BCUT2D eigenvalue weighted by molar-refractivity contribution is 7.99. The Labute approximate surface area is 110 Å². The van der Waals surface area contributed by atoms with E-state index in [-0.39, 0.29) is 5.91 Å². The van der Waals surface area contributed by atoms with Gasteiger partial charge in [-0.05, 0) is 24.3 Å². The van der Waals surface area contributed by atoms with Crippen LogP contribution in [0.5, 0.6) is 0 Å². The quantitative estimate of drug-likeness (QED) is 0.720. The number of aryl methyl sites for hydroxylation is 1. The van der Waals surface area contributed by atoms with E-state index in [0.717, 1.165) is 17.9 Å². The molecule has 1 rings (SSSR count). The van der Waals surface area contributed by atoms with Crippen LogP contribution in [-0.4, -0.2) is 39.5 Å². The Hall–Kier alpha value is -1.56. The molecule has 0 bridgehead atoms. The Morgan fingerprint density at radius 1 is 1.50 bits per heavy atom. The zero-order valence-corrected chi connectivity index (χ0v) is 10.9. The van der Waals surface area contributed by atoms with Gasteiger partial charge >= 0.3 is 5.97 Å². The first-order valence-electron chi connectivity index (χ1n) is 5.57. The first-order chi connectivity index (χ1) is 8.59. The van der Waals surface area contributed by atoms with Gasteiger partial charge < -0.3 is 10.4 Å². The number of nitrogens with zero attached hydrogens (tertiary/aromatic N) is 1. The van der Waals surface area contributed by atoms with Gasteiger partial charge in [0.05, 0.1) is 0 Å². The Morgan fingerprint density at radius 2 is 2.28 bits per heavy atom. The van der Waals surface area contributed by atoms with Gasteiger partial charge in [0.2, 0.25) is 5.91 Å². The number of carboxylic acids is 1. The summed E-state index contributed by atoms with van der Waals surface area (Å²) in [4.78, 5) is 25.9. The fourth-order valence-corrected chi connectivity index (χ4v) is 2.33. The molecule has 0 aromatic carbocycles. The van der Waals surface area contributed by atoms with Gasteiger partial charge in [-0.1, -0.05) is 6.07 Å². The zero-order valence-electron chi connectivity index (χ0n) is 10.1. The molecule has 5 nitrogen and oxygen atoms in total. The molecular formula is C12H16N2O3S. The Kier molecular flexibility index (Phi) is 6.21. The van der Waals surface area contributed by atoms with Crippen molar-refractivity contribution in [2.75, 3.05) is 11.5 Å². The number of hydrogen-bond donors (Lipinski definition) is 2. The van der Waals surface area contributed by atoms with Crippen LogP contribution in [0.2, 0.25) is 0 Å². The van der Waals surface area contributed by atoms with Crippen molar-refractivity contribution in [2.45, 2.75) is 19.4 Å². The van der Waals surface area contributed by atoms with Gasteiger partial charge in [-0.15, -0.1) is 0 Å². The van der Waals surface area contributed by atoms with Crippen molar-refractivity contribution in [3.8, 4) is 0 Å². The van der Waals surface area contributed by atoms with E-state index in [1.54, 1.807) is 6.20 Å². The first-order valence-corrected chi connectivity index (χ1v) is 6.72. The molecule has 0 fully saturated rings. The number of hydrogen-bond acceptors (Lipinski definition) is 4. The Balaban J connectivity index is 2.27. The SMILES string of the molecule is CC(=O)N[C@@H](CSCCc1ccccn1)C(=O)O. The van der Waals surface area contributed by atoms with E-state index in [1.165, 1.54) is 18.7 Å². The molecule has 1 amide bonds. The summed E-state index contributed by atoms with van der Waals surface area (Å²) in [7, 11) is 0. The van der Waals surface area contributed by atoms with Crippen molar-refractivity contribution in [3.63, 3.8) is 0 Å². The molecular weight excluding hydrogens is 252 g/mol. The van der Waals surface area contributed by atoms with Crippen molar-refractivity contribution in [1.29, 1.82) is 0 Å². The molecule has 0 radical (unpaired) electrons. The van der Waals surface area contributed by atoms with Crippen LogP contribution in [0.1, 0.15) is 12.6 Å². The summed E-state index contributed by atoms with van der Waals surface area (Å²) < 4.78 is 0. The van der Waals surface area contributed by atoms with Crippen LogP contribution >= 0.6 is 11.8 Å². The van der Waals surface area contributed by atoms with E-state index in [9.17, 15) is 9.59 Å². The second-order valence-electron chi connectivity index (χ2n) is 3.74. The molecule has 1 aromatic rings. The summed E-state index contributed by atoms with van der Waals surface area (Å²) in [5.74, 6) is -0.189. The number of aliphatic carboxylic acids is 1. The topological polar surface area (TPSA) is 79.3 Å². The minimum Gasteiger partial charge on any atom is -0.480 e. The lowest BCUT2D eigenvalue weighted by Gasteiger charge is -2.12. The monoisotopic (exact) mass is 268 g/mol. The van der Waals surface area contributed by atoms with E-state index in [0.29, 0.717) is 5.75 Å². The highest BCUT2D eigenvalue weighted by Gasteiger charge is 2.17. The summed E-state index contributed by atoms with van der Waals surface area (Å²) in [6, 6.07) is 4.89. The van der Waals surface area contributed by atoms with Crippen LogP contribution < -0.4 is 5.32 Å². The van der Waals surface area contributed by atoms with Crippen LogP contribution in [0.25, 0.3) is 0 Å². The van der Waals surface area contributed by atoms with Gasteiger partial charge in [-0.25, -0.2) is 4.79 Å². The van der Waals surface area contributed by atoms with Crippen molar-refractivity contribution >= 4 is 23.6 Å². The molecule has 18 heavy (non-hydrogen) atoms. The molecule has 0 aliphatic heterocycles. The van der Waals surface area contributed by atoms with Crippen molar-refractivity contribution in [3.05, 3.63) is 30.1 Å². The maximum absolute atomic E-state index is 10.9. The summed E-state index contributed by atoms with van der Waals surface area (Å²) in [5.41, 5.74) is 0.983. The molecule has 0 aliphatic carbocycles. The van der Waals surface area contributed by atoms with Crippen LogP contribution in [0.3, 0.4) is 0 Å². The predicted octanol–water partition coefficient (Wildman–Crippen LogP) is 0.947. The summed E-state index contributed by atoms with van der Waals surface area (Å²) >= 11 is 1.49. The fourth-order valence-electron chi connectivity index (χ4n) is 1.34. The van der Waals surface area contributed by atoms with Gasteiger partial charge in [-0.2, -0.15) is 11.8 Å². The normalized spacial score (nSPS) is 11.8. The molecule has 0 aliphatic rings. The lowest BCUT2D eigenvalue weighted by Crippen LogP contribution is -2.41. The third kappa shape index (κ3) is 5.67. The number of aromatic nitrogens is 1. The van der Waals surface area contributed by atoms with Gasteiger partial charge in [0.1, 0.15) is 6.04 Å². The number of carbonyl (C=O) groups is 2. The number of carbonyl (C=O) groups excluding carboxylic acids is 1. The van der Waals surface area contributed by atoms with E-state index < -0.39 is 12.0 Å². The number of nitrogens with one attached hydrogen (secondary N) is 1. The summed E-state index contributed by atoms with van der Waals surface area (Å²) in [5, 5.41) is 11.3. The van der Waals surface area contributed by atoms with E-state index in [1.807, 2.05) is 18.2 Å². The third-order valence-electron chi connectivity index (χ3n) is 2.19. The minimum atomic E-state index is -1.00. The second kappa shape index (κ2) is 7.71. The molecule has 0 saturated carbocycles. The lowest BCUT2D eigenvalue weighted by atomic mass is 10.3. The smallest absolute Gasteiger partial charge is 0.327 e. The van der Waals surface area contributed by atoms with Crippen molar-refractivity contribution in [1.82, 2.24) is 10.3 Å². The molecule has 2 N–H and O–H groups in total. The lowest BCUT2D eigenvalue weighted by molar-refractivity contribution is -0.140. The highest BCUT2D eigenvalue weighted by atomic mass is 32.2. The number of amides is 1. The van der Waals surface area contributed by atoms with Crippen LogP contribution in [0, 0.1) is 0 Å². The molecule has 0 unspecified atom stereocenters. The zero-order chi connectivity index (χ0) is 13.4. The first kappa shape index (κ1) is 14.5. The van der Waals surface area contributed by atoms with Crippen molar-refractivity contribution < 1.29 is 14.7 Å². The molecule has 0 spiro atoms. The Bertz CT molecular complexity index is 398. The Morgan fingerprint density at radius 3 is 2.83 bits per heavy atom. The standard InChI is InChI=1S/C12H16N2O3S/c1-9(15)14-11(12(16)17)8-18-7-5-10-4-2-3-6-13-10/h2-4,6,11H,5,7-8H2,1H3,(H,14,15)(H,16,17)/t11-/m0/s1. The highest BCUT2D eigenvalue weighted by Crippen LogP contribution is 2.07. The number of thioether (sulfide) groups is 1. The van der Waals surface area contributed by atoms with E-state index in [4.69, 9.17) is 5.11 Å². The van der Waals surface area contributed by atoms with Crippen LogP contribution in [0.4, 0.5) is 0 Å². The largest absolute Gasteiger partial charge is 0.480 e. The number of pyridine rings is 1. The predicted molar refractivity (Wildman–Crippen MR) is 70.5 cm³/mol. The van der Waals surface area contributed by atoms with Gasteiger partial charge in [0, 0.05) is 24.6 Å². The molecule has 0 saturated heterocycles. The summed E-state index contributed by atoms with van der Waals surface area (Å²) in [6.07, 6.45) is 2.52. The number of rotatable bonds is 7. The maximum atomic E-state index is 10.9. The molecule has 1 atom stereocenters. The molecule has 98 valence electrons. The maximum Gasteiger partial charge on any atom is 0.327 e. The van der Waals surface area contributed by atoms with Gasteiger partial charge in [0.25, 0.3) is 0 Å². The molecule has 1 heterocycles. The van der Waals surface area contributed by atoms with Gasteiger partial charge in [-0.3, -0.25) is 9.78 Å². The second-order valence-corrected chi connectivity index (χ2v) is 4.89. The van der Waals surface area contributed by atoms with Gasteiger partial charge in [0.15, 0.2) is 0 Å². The minimum absolute atomic E-state index is 0.326. The average Bonchev–Trinajstić information content (AvgIpc) is 2.33. The number of carboxylic acid groups (broad SMARTS) is 1. The van der Waals surface area contributed by atoms with Crippen LogP contribution in [0.15, 0.2) is 24.4 Å². The average molecular weight is 268 g/mol. The molecule has 6 heteroatoms. The van der Waals surface area contributed by atoms with Crippen LogP contribution in [-0.2, 0) is 16.0 Å². The summed E-state index contributed by atoms with van der Waals surface area (Å²) in [6.45, 7) is 1.31. The van der Waals surface area contributed by atoms with Crippen molar-refractivity contribution in [2.24, 2.45) is 0 Å². The van der Waals surface area contributed by atoms with E-state index >= 15 is 0 Å². The fraction of sp³-hybridized carbons (Fsp3) is 0.417. The van der Waals surface area contributed by atoms with E-state index in [2.05, 4.69) is 10.3 Å². The third-order valence-corrected chi connectivity index (χ3v) is 3.25. The molecule has 1 aromatic heterocycles.